The number of ether oxygens (including phenoxy) is 2. The summed E-state index contributed by atoms with van der Waals surface area (Å²) in [5.41, 5.74) is 0. The fraction of sp³-hybridized carbons (Fsp3) is 0.500. The van der Waals surface area contributed by atoms with Crippen molar-refractivity contribution in [3.05, 3.63) is 24.0 Å². The van der Waals surface area contributed by atoms with E-state index in [1.54, 1.807) is 18.2 Å². The number of benzene rings is 1. The van der Waals surface area contributed by atoms with Crippen molar-refractivity contribution in [2.75, 3.05) is 0 Å². The Kier molecular flexibility index (Phi) is 2.80. The molecule has 0 amide bonds. The Morgan fingerprint density at radius 3 is 2.53 bits per heavy atom. The van der Waals surface area contributed by atoms with E-state index < -0.39 is 5.82 Å². The van der Waals surface area contributed by atoms with Gasteiger partial charge < -0.3 is 9.47 Å². The zero-order chi connectivity index (χ0) is 10.8. The van der Waals surface area contributed by atoms with Crippen LogP contribution in [0.3, 0.4) is 0 Å². The van der Waals surface area contributed by atoms with Crippen LogP contribution in [0.2, 0.25) is 0 Å². The van der Waals surface area contributed by atoms with Gasteiger partial charge in [0.25, 0.3) is 0 Å². The Hall–Kier alpha value is -1.25. The van der Waals surface area contributed by atoms with Gasteiger partial charge in [0.05, 0.1) is 12.2 Å². The van der Waals surface area contributed by atoms with Crippen molar-refractivity contribution in [2.24, 2.45) is 0 Å². The summed E-state index contributed by atoms with van der Waals surface area (Å²) in [5, 5.41) is 0. The van der Waals surface area contributed by atoms with Gasteiger partial charge in [-0.3, -0.25) is 0 Å². The third kappa shape index (κ3) is 2.61. The lowest BCUT2D eigenvalue weighted by Gasteiger charge is -2.12. The Morgan fingerprint density at radius 2 is 1.93 bits per heavy atom. The van der Waals surface area contributed by atoms with Crippen LogP contribution in [0.25, 0.3) is 0 Å². The van der Waals surface area contributed by atoms with Crippen molar-refractivity contribution in [3.8, 4) is 11.5 Å². The third-order valence-corrected chi connectivity index (χ3v) is 2.11. The lowest BCUT2D eigenvalue weighted by molar-refractivity contribution is 0.223. The first-order valence-corrected chi connectivity index (χ1v) is 5.28. The van der Waals surface area contributed by atoms with Crippen LogP contribution in [0.5, 0.6) is 11.5 Å². The predicted molar refractivity (Wildman–Crippen MR) is 55.8 cm³/mol. The van der Waals surface area contributed by atoms with Gasteiger partial charge in [-0.25, -0.2) is 0 Å². The van der Waals surface area contributed by atoms with E-state index in [1.807, 2.05) is 13.8 Å². The highest BCUT2D eigenvalue weighted by atomic mass is 19.1. The molecule has 82 valence electrons. The summed E-state index contributed by atoms with van der Waals surface area (Å²) in [6, 6.07) is 5.01. The van der Waals surface area contributed by atoms with Crippen molar-refractivity contribution in [1.29, 1.82) is 0 Å². The van der Waals surface area contributed by atoms with Crippen molar-refractivity contribution in [3.63, 3.8) is 0 Å². The predicted octanol–water partition coefficient (Wildman–Crippen LogP) is 3.15. The summed E-state index contributed by atoms with van der Waals surface area (Å²) in [6.45, 7) is 3.74. The van der Waals surface area contributed by atoms with Crippen LogP contribution >= 0.6 is 0 Å². The van der Waals surface area contributed by atoms with E-state index in [1.165, 1.54) is 0 Å². The molecule has 0 bridgehead atoms. The maximum absolute atomic E-state index is 13.8. The maximum atomic E-state index is 13.8. The minimum absolute atomic E-state index is 0.0318. The summed E-state index contributed by atoms with van der Waals surface area (Å²) in [6.07, 6.45) is 2.22. The third-order valence-electron chi connectivity index (χ3n) is 2.11. The van der Waals surface area contributed by atoms with Gasteiger partial charge in [-0.2, -0.15) is 4.39 Å². The van der Waals surface area contributed by atoms with Crippen LogP contribution < -0.4 is 9.47 Å². The lowest BCUT2D eigenvalue weighted by atomic mass is 10.3. The van der Waals surface area contributed by atoms with Crippen molar-refractivity contribution in [1.82, 2.24) is 0 Å². The highest BCUT2D eigenvalue weighted by molar-refractivity contribution is 5.36. The van der Waals surface area contributed by atoms with Crippen LogP contribution in [0.1, 0.15) is 26.7 Å². The molecule has 15 heavy (non-hydrogen) atoms. The number of halogens is 1. The summed E-state index contributed by atoms with van der Waals surface area (Å²) in [4.78, 5) is 0. The van der Waals surface area contributed by atoms with E-state index in [-0.39, 0.29) is 18.0 Å². The Bertz CT molecular complexity index is 323. The first-order chi connectivity index (χ1) is 7.16. The molecule has 0 spiro atoms. The first kappa shape index (κ1) is 10.3. The van der Waals surface area contributed by atoms with Gasteiger partial charge in [-0.15, -0.1) is 0 Å². The fourth-order valence-electron chi connectivity index (χ4n) is 1.29. The standard InChI is InChI=1S/C12H15FO2/c1-8(2)14-10-4-3-5-11(12(10)13)15-9-6-7-9/h3-5,8-9H,6-7H2,1-2H3. The second kappa shape index (κ2) is 4.09. The SMILES string of the molecule is CC(C)Oc1cccc(OC2CC2)c1F. The second-order valence-corrected chi connectivity index (χ2v) is 4.05. The topological polar surface area (TPSA) is 18.5 Å². The molecule has 0 atom stereocenters. The Labute approximate surface area is 89.0 Å². The van der Waals surface area contributed by atoms with Crippen LogP contribution in [-0.4, -0.2) is 12.2 Å². The van der Waals surface area contributed by atoms with Gasteiger partial charge in [0.15, 0.2) is 11.5 Å². The molecule has 0 saturated heterocycles. The summed E-state index contributed by atoms with van der Waals surface area (Å²) in [7, 11) is 0. The molecule has 2 rings (SSSR count). The van der Waals surface area contributed by atoms with Gasteiger partial charge in [0.2, 0.25) is 5.82 Å². The average Bonchev–Trinajstić information content (AvgIpc) is 2.95. The molecule has 0 N–H and O–H groups in total. The zero-order valence-electron chi connectivity index (χ0n) is 9.00. The van der Waals surface area contributed by atoms with Crippen molar-refractivity contribution in [2.45, 2.75) is 38.9 Å². The normalized spacial score (nSPS) is 15.5. The summed E-state index contributed by atoms with van der Waals surface area (Å²) < 4.78 is 24.5. The molecular weight excluding hydrogens is 195 g/mol. The minimum Gasteiger partial charge on any atom is -0.488 e. The first-order valence-electron chi connectivity index (χ1n) is 5.28. The van der Waals surface area contributed by atoms with Gasteiger partial charge in [-0.05, 0) is 38.8 Å². The summed E-state index contributed by atoms with van der Waals surface area (Å²) >= 11 is 0. The van der Waals surface area contributed by atoms with E-state index in [0.29, 0.717) is 5.75 Å². The zero-order valence-corrected chi connectivity index (χ0v) is 9.00. The monoisotopic (exact) mass is 210 g/mol. The van der Waals surface area contributed by atoms with Crippen LogP contribution in [-0.2, 0) is 0 Å². The highest BCUT2D eigenvalue weighted by Crippen LogP contribution is 2.32. The average molecular weight is 210 g/mol. The van der Waals surface area contributed by atoms with E-state index in [9.17, 15) is 4.39 Å². The van der Waals surface area contributed by atoms with E-state index in [4.69, 9.17) is 9.47 Å². The molecule has 2 nitrogen and oxygen atoms in total. The van der Waals surface area contributed by atoms with Crippen molar-refractivity contribution < 1.29 is 13.9 Å². The molecule has 0 heterocycles. The molecule has 1 aromatic rings. The number of hydrogen-bond donors (Lipinski definition) is 0. The summed E-state index contributed by atoms with van der Waals surface area (Å²) in [5.74, 6) is 0.178. The largest absolute Gasteiger partial charge is 0.488 e. The Balaban J connectivity index is 2.15. The molecule has 1 aromatic carbocycles. The highest BCUT2D eigenvalue weighted by Gasteiger charge is 2.25. The molecule has 0 aliphatic heterocycles. The Morgan fingerprint density at radius 1 is 1.27 bits per heavy atom. The lowest BCUT2D eigenvalue weighted by Crippen LogP contribution is -2.08. The number of rotatable bonds is 4. The van der Waals surface area contributed by atoms with Gasteiger partial charge in [0.1, 0.15) is 0 Å². The molecule has 1 saturated carbocycles. The number of hydrogen-bond acceptors (Lipinski definition) is 2. The van der Waals surface area contributed by atoms with Crippen molar-refractivity contribution >= 4 is 0 Å². The molecule has 1 aliphatic rings. The van der Waals surface area contributed by atoms with Crippen LogP contribution in [0, 0.1) is 5.82 Å². The minimum atomic E-state index is -0.391. The molecular formula is C12H15FO2. The fourth-order valence-corrected chi connectivity index (χ4v) is 1.29. The smallest absolute Gasteiger partial charge is 0.206 e. The molecule has 0 aromatic heterocycles. The quantitative estimate of drug-likeness (QED) is 0.760. The molecule has 1 aliphatic carbocycles. The van der Waals surface area contributed by atoms with E-state index in [2.05, 4.69) is 0 Å². The molecule has 1 fully saturated rings. The van der Waals surface area contributed by atoms with Crippen LogP contribution in [0.15, 0.2) is 18.2 Å². The van der Waals surface area contributed by atoms with Gasteiger partial charge in [0, 0.05) is 0 Å². The van der Waals surface area contributed by atoms with E-state index >= 15 is 0 Å². The molecule has 0 radical (unpaired) electrons. The maximum Gasteiger partial charge on any atom is 0.206 e. The molecule has 3 heteroatoms. The molecule has 0 unspecified atom stereocenters. The van der Waals surface area contributed by atoms with Gasteiger partial charge in [-0.1, -0.05) is 6.07 Å². The van der Waals surface area contributed by atoms with Gasteiger partial charge >= 0.3 is 0 Å². The van der Waals surface area contributed by atoms with Crippen LogP contribution in [0.4, 0.5) is 4.39 Å². The second-order valence-electron chi connectivity index (χ2n) is 4.05. The van der Waals surface area contributed by atoms with E-state index in [0.717, 1.165) is 12.8 Å².